The standard InChI is InChI=1S/C16H20Cl2N2O2/c1-10-4-3-5-13(8-10)19-20-16(21)11(2)22-15-7-6-12(17)9-14(15)18/h6-7,9-11H,3-5,8H2,1-2H3,(H,20,21)/b19-13+. The van der Waals surface area contributed by atoms with Crippen molar-refractivity contribution < 1.29 is 9.53 Å². The highest BCUT2D eigenvalue weighted by Gasteiger charge is 2.18. The smallest absolute Gasteiger partial charge is 0.280 e. The van der Waals surface area contributed by atoms with Crippen LogP contribution in [-0.4, -0.2) is 17.7 Å². The van der Waals surface area contributed by atoms with Crippen molar-refractivity contribution >= 4 is 34.8 Å². The van der Waals surface area contributed by atoms with Gasteiger partial charge in [0, 0.05) is 10.7 Å². The molecule has 4 nitrogen and oxygen atoms in total. The van der Waals surface area contributed by atoms with E-state index in [0.29, 0.717) is 21.7 Å². The molecule has 22 heavy (non-hydrogen) atoms. The van der Waals surface area contributed by atoms with Crippen molar-refractivity contribution in [3.05, 3.63) is 28.2 Å². The summed E-state index contributed by atoms with van der Waals surface area (Å²) in [5, 5.41) is 5.11. The quantitative estimate of drug-likeness (QED) is 0.822. The molecule has 0 saturated heterocycles. The van der Waals surface area contributed by atoms with E-state index >= 15 is 0 Å². The summed E-state index contributed by atoms with van der Waals surface area (Å²) in [6.07, 6.45) is 3.55. The predicted molar refractivity (Wildman–Crippen MR) is 89.8 cm³/mol. The molecule has 0 radical (unpaired) electrons. The maximum Gasteiger partial charge on any atom is 0.280 e. The second-order valence-electron chi connectivity index (χ2n) is 5.69. The molecule has 1 N–H and O–H groups in total. The van der Waals surface area contributed by atoms with Crippen LogP contribution in [0.15, 0.2) is 23.3 Å². The number of ether oxygens (including phenoxy) is 1. The van der Waals surface area contributed by atoms with Gasteiger partial charge in [-0.3, -0.25) is 4.79 Å². The van der Waals surface area contributed by atoms with Crippen LogP contribution < -0.4 is 10.2 Å². The lowest BCUT2D eigenvalue weighted by Crippen LogP contribution is -2.34. The average molecular weight is 343 g/mol. The van der Waals surface area contributed by atoms with Crippen LogP contribution in [-0.2, 0) is 4.79 Å². The van der Waals surface area contributed by atoms with E-state index in [0.717, 1.165) is 25.0 Å². The number of nitrogens with one attached hydrogen (secondary N) is 1. The van der Waals surface area contributed by atoms with Gasteiger partial charge in [0.25, 0.3) is 5.91 Å². The maximum atomic E-state index is 12.0. The monoisotopic (exact) mass is 342 g/mol. The number of benzene rings is 1. The van der Waals surface area contributed by atoms with Gasteiger partial charge in [0.15, 0.2) is 6.10 Å². The van der Waals surface area contributed by atoms with Crippen LogP contribution in [0.5, 0.6) is 5.75 Å². The van der Waals surface area contributed by atoms with Crippen molar-refractivity contribution in [2.75, 3.05) is 0 Å². The van der Waals surface area contributed by atoms with Gasteiger partial charge in [0.2, 0.25) is 0 Å². The Kier molecular flexibility index (Phi) is 6.09. The highest BCUT2D eigenvalue weighted by atomic mass is 35.5. The van der Waals surface area contributed by atoms with Crippen molar-refractivity contribution in [1.82, 2.24) is 5.43 Å². The molecule has 0 heterocycles. The first-order chi connectivity index (χ1) is 10.5. The molecule has 2 atom stereocenters. The normalized spacial score (nSPS) is 21.5. The number of halogens is 2. The molecule has 2 unspecified atom stereocenters. The fourth-order valence-electron chi connectivity index (χ4n) is 2.40. The summed E-state index contributed by atoms with van der Waals surface area (Å²) in [5.74, 6) is 0.760. The molecular weight excluding hydrogens is 323 g/mol. The van der Waals surface area contributed by atoms with Crippen molar-refractivity contribution in [3.63, 3.8) is 0 Å². The van der Waals surface area contributed by atoms with E-state index in [9.17, 15) is 4.79 Å². The minimum absolute atomic E-state index is 0.295. The Hall–Kier alpha value is -1.26. The second kappa shape index (κ2) is 7.84. The summed E-state index contributed by atoms with van der Waals surface area (Å²) < 4.78 is 5.55. The van der Waals surface area contributed by atoms with Gasteiger partial charge in [-0.2, -0.15) is 5.10 Å². The van der Waals surface area contributed by atoms with Crippen LogP contribution in [0.1, 0.15) is 39.5 Å². The van der Waals surface area contributed by atoms with Crippen molar-refractivity contribution in [2.24, 2.45) is 11.0 Å². The summed E-state index contributed by atoms with van der Waals surface area (Å²) in [5.41, 5.74) is 3.62. The molecule has 1 aliphatic rings. The molecule has 1 saturated carbocycles. The van der Waals surface area contributed by atoms with Gasteiger partial charge in [-0.05, 0) is 56.7 Å². The van der Waals surface area contributed by atoms with Gasteiger partial charge in [0.05, 0.1) is 5.02 Å². The SMILES string of the molecule is CC1CCC/C(=N\NC(=O)C(C)Oc2ccc(Cl)cc2Cl)C1. The van der Waals surface area contributed by atoms with E-state index in [1.165, 1.54) is 6.42 Å². The Bertz CT molecular complexity index is 575. The number of hydrogen-bond acceptors (Lipinski definition) is 3. The summed E-state index contributed by atoms with van der Waals surface area (Å²) >= 11 is 11.9. The lowest BCUT2D eigenvalue weighted by molar-refractivity contribution is -0.127. The molecule has 0 spiro atoms. The molecule has 1 fully saturated rings. The largest absolute Gasteiger partial charge is 0.479 e. The first-order valence-corrected chi connectivity index (χ1v) is 8.18. The highest BCUT2D eigenvalue weighted by molar-refractivity contribution is 6.35. The van der Waals surface area contributed by atoms with Crippen LogP contribution in [0.25, 0.3) is 0 Å². The Labute approximate surface area is 140 Å². The van der Waals surface area contributed by atoms with Gasteiger partial charge >= 0.3 is 0 Å². The number of rotatable bonds is 4. The second-order valence-corrected chi connectivity index (χ2v) is 6.53. The first-order valence-electron chi connectivity index (χ1n) is 7.42. The zero-order valence-corrected chi connectivity index (χ0v) is 14.2. The van der Waals surface area contributed by atoms with Crippen LogP contribution in [0.3, 0.4) is 0 Å². The maximum absolute atomic E-state index is 12.0. The Balaban J connectivity index is 1.90. The topological polar surface area (TPSA) is 50.7 Å². The summed E-state index contributed by atoms with van der Waals surface area (Å²) in [6, 6.07) is 4.88. The minimum atomic E-state index is -0.691. The average Bonchev–Trinajstić information content (AvgIpc) is 2.47. The van der Waals surface area contributed by atoms with E-state index in [1.54, 1.807) is 25.1 Å². The number of amides is 1. The van der Waals surface area contributed by atoms with Crippen LogP contribution in [0, 0.1) is 5.92 Å². The lowest BCUT2D eigenvalue weighted by atomic mass is 9.89. The summed E-state index contributed by atoms with van der Waals surface area (Å²) in [7, 11) is 0. The highest BCUT2D eigenvalue weighted by Crippen LogP contribution is 2.28. The zero-order valence-electron chi connectivity index (χ0n) is 12.7. The van der Waals surface area contributed by atoms with E-state index < -0.39 is 6.10 Å². The Morgan fingerprint density at radius 3 is 2.91 bits per heavy atom. The fourth-order valence-corrected chi connectivity index (χ4v) is 2.86. The van der Waals surface area contributed by atoms with Crippen LogP contribution in [0.2, 0.25) is 10.0 Å². The van der Waals surface area contributed by atoms with E-state index in [1.807, 2.05) is 0 Å². The lowest BCUT2D eigenvalue weighted by Gasteiger charge is -2.19. The van der Waals surface area contributed by atoms with E-state index in [-0.39, 0.29) is 5.91 Å². The molecule has 1 aromatic rings. The van der Waals surface area contributed by atoms with Crippen LogP contribution >= 0.6 is 23.2 Å². The first kappa shape index (κ1) is 17.1. The Morgan fingerprint density at radius 2 is 2.23 bits per heavy atom. The summed E-state index contributed by atoms with van der Waals surface area (Å²) in [6.45, 7) is 3.86. The molecule has 1 aromatic carbocycles. The molecule has 1 aliphatic carbocycles. The molecule has 1 amide bonds. The minimum Gasteiger partial charge on any atom is -0.479 e. The predicted octanol–water partition coefficient (Wildman–Crippen LogP) is 4.44. The van der Waals surface area contributed by atoms with Crippen molar-refractivity contribution in [3.8, 4) is 5.75 Å². The molecule has 6 heteroatoms. The molecule has 0 aromatic heterocycles. The van der Waals surface area contributed by atoms with Gasteiger partial charge in [-0.15, -0.1) is 0 Å². The number of carbonyl (C=O) groups excluding carboxylic acids is 1. The van der Waals surface area contributed by atoms with Crippen LogP contribution in [0.4, 0.5) is 0 Å². The number of nitrogens with zero attached hydrogens (tertiary/aromatic N) is 1. The fraction of sp³-hybridized carbons (Fsp3) is 0.500. The van der Waals surface area contributed by atoms with Gasteiger partial charge in [-0.1, -0.05) is 30.1 Å². The molecular formula is C16H20Cl2N2O2. The Morgan fingerprint density at radius 1 is 1.45 bits per heavy atom. The van der Waals surface area contributed by atoms with E-state index in [4.69, 9.17) is 27.9 Å². The van der Waals surface area contributed by atoms with Gasteiger partial charge < -0.3 is 4.74 Å². The third-order valence-electron chi connectivity index (χ3n) is 3.64. The third kappa shape index (κ3) is 4.89. The van der Waals surface area contributed by atoms with Gasteiger partial charge in [0.1, 0.15) is 5.75 Å². The molecule has 2 rings (SSSR count). The molecule has 0 bridgehead atoms. The molecule has 0 aliphatic heterocycles. The number of carbonyl (C=O) groups is 1. The van der Waals surface area contributed by atoms with E-state index in [2.05, 4.69) is 17.5 Å². The molecule has 120 valence electrons. The third-order valence-corrected chi connectivity index (χ3v) is 4.17. The van der Waals surface area contributed by atoms with Crippen molar-refractivity contribution in [2.45, 2.75) is 45.6 Å². The number of hydrazone groups is 1. The zero-order chi connectivity index (χ0) is 16.1. The van der Waals surface area contributed by atoms with Gasteiger partial charge in [-0.25, -0.2) is 5.43 Å². The summed E-state index contributed by atoms with van der Waals surface area (Å²) in [4.78, 5) is 12.0. The van der Waals surface area contributed by atoms with Crippen molar-refractivity contribution in [1.29, 1.82) is 0 Å². The number of hydrogen-bond donors (Lipinski definition) is 1.